The lowest BCUT2D eigenvalue weighted by molar-refractivity contribution is 0.303. The number of nitrogens with zero attached hydrogens (tertiary/aromatic N) is 2. The summed E-state index contributed by atoms with van der Waals surface area (Å²) in [4.78, 5) is 4.88. The summed E-state index contributed by atoms with van der Waals surface area (Å²) in [7, 11) is 0. The molecule has 0 unspecified atom stereocenters. The van der Waals surface area contributed by atoms with Gasteiger partial charge in [0.25, 0.3) is 0 Å². The van der Waals surface area contributed by atoms with E-state index < -0.39 is 0 Å². The third-order valence-electron chi connectivity index (χ3n) is 5.20. The highest BCUT2D eigenvalue weighted by molar-refractivity contribution is 5.83. The highest BCUT2D eigenvalue weighted by Crippen LogP contribution is 2.25. The van der Waals surface area contributed by atoms with Crippen LogP contribution < -0.4 is 4.74 Å². The molecule has 5 rings (SSSR count). The molecule has 3 nitrogen and oxygen atoms in total. The minimum absolute atomic E-state index is 0.666. The van der Waals surface area contributed by atoms with E-state index in [-0.39, 0.29) is 0 Å². The van der Waals surface area contributed by atoms with Gasteiger partial charge in [-0.25, -0.2) is 4.98 Å². The molecular formula is C26H22N2O. The summed E-state index contributed by atoms with van der Waals surface area (Å²) in [5, 5.41) is 2.44. The van der Waals surface area contributed by atoms with E-state index >= 15 is 0 Å². The lowest BCUT2D eigenvalue weighted by atomic mass is 10.1. The van der Waals surface area contributed by atoms with Crippen LogP contribution in [0.15, 0.2) is 97.1 Å². The summed E-state index contributed by atoms with van der Waals surface area (Å²) in [6, 6.07) is 33.3. The largest absolute Gasteiger partial charge is 0.494 e. The Hall–Kier alpha value is -3.59. The molecule has 1 heterocycles. The van der Waals surface area contributed by atoms with Gasteiger partial charge in [-0.05, 0) is 41.5 Å². The number of hydrogen-bond acceptors (Lipinski definition) is 2. The quantitative estimate of drug-likeness (QED) is 0.323. The van der Waals surface area contributed by atoms with Gasteiger partial charge in [0, 0.05) is 12.1 Å². The third kappa shape index (κ3) is 3.59. The number of imidazole rings is 1. The van der Waals surface area contributed by atoms with E-state index in [9.17, 15) is 0 Å². The minimum atomic E-state index is 0.666. The highest BCUT2D eigenvalue weighted by atomic mass is 16.5. The fourth-order valence-electron chi connectivity index (χ4n) is 3.78. The van der Waals surface area contributed by atoms with Crippen LogP contribution in [0.3, 0.4) is 0 Å². The van der Waals surface area contributed by atoms with Crippen molar-refractivity contribution in [3.8, 4) is 17.1 Å². The Morgan fingerprint density at radius 1 is 0.724 bits per heavy atom. The van der Waals surface area contributed by atoms with Crippen molar-refractivity contribution in [3.05, 3.63) is 97.1 Å². The van der Waals surface area contributed by atoms with Crippen molar-refractivity contribution in [1.82, 2.24) is 9.55 Å². The van der Waals surface area contributed by atoms with Crippen molar-refractivity contribution in [1.29, 1.82) is 0 Å². The van der Waals surface area contributed by atoms with Gasteiger partial charge < -0.3 is 9.30 Å². The monoisotopic (exact) mass is 378 g/mol. The number of aromatic nitrogens is 2. The van der Waals surface area contributed by atoms with Crippen molar-refractivity contribution in [3.63, 3.8) is 0 Å². The molecule has 0 saturated heterocycles. The first kappa shape index (κ1) is 17.5. The Morgan fingerprint density at radius 2 is 1.48 bits per heavy atom. The Labute approximate surface area is 170 Å². The van der Waals surface area contributed by atoms with Crippen LogP contribution in [0, 0.1) is 0 Å². The van der Waals surface area contributed by atoms with Gasteiger partial charge in [0.05, 0.1) is 17.6 Å². The van der Waals surface area contributed by atoms with Crippen LogP contribution in [0.25, 0.3) is 33.2 Å². The summed E-state index contributed by atoms with van der Waals surface area (Å²) in [5.74, 6) is 1.93. The molecule has 0 atom stereocenters. The van der Waals surface area contributed by atoms with Crippen molar-refractivity contribution in [2.24, 2.45) is 0 Å². The van der Waals surface area contributed by atoms with E-state index in [2.05, 4.69) is 83.4 Å². The van der Waals surface area contributed by atoms with Gasteiger partial charge >= 0.3 is 0 Å². The average molecular weight is 378 g/mol. The molecule has 0 aliphatic heterocycles. The average Bonchev–Trinajstić information content (AvgIpc) is 3.16. The van der Waals surface area contributed by atoms with E-state index in [1.54, 1.807) is 0 Å². The zero-order valence-electron chi connectivity index (χ0n) is 16.2. The summed E-state index contributed by atoms with van der Waals surface area (Å²) in [5.41, 5.74) is 3.33. The first-order valence-corrected chi connectivity index (χ1v) is 10.0. The van der Waals surface area contributed by atoms with Gasteiger partial charge in [0.15, 0.2) is 0 Å². The SMILES string of the molecule is c1ccc(-c2nc3ccccc3n2CCCOc2ccc3ccccc3c2)cc1. The number of aryl methyl sites for hydroxylation is 1. The normalized spacial score (nSPS) is 11.2. The number of fused-ring (bicyclic) bond motifs is 2. The number of para-hydroxylation sites is 2. The van der Waals surface area contributed by atoms with Crippen molar-refractivity contribution in [2.45, 2.75) is 13.0 Å². The number of benzene rings is 4. The Kier molecular flexibility index (Phi) is 4.71. The zero-order valence-corrected chi connectivity index (χ0v) is 16.2. The van der Waals surface area contributed by atoms with Crippen molar-refractivity contribution < 1.29 is 4.74 Å². The highest BCUT2D eigenvalue weighted by Gasteiger charge is 2.11. The molecule has 1 aromatic heterocycles. The molecule has 0 saturated carbocycles. The van der Waals surface area contributed by atoms with E-state index in [4.69, 9.17) is 9.72 Å². The maximum absolute atomic E-state index is 6.04. The maximum atomic E-state index is 6.04. The molecule has 142 valence electrons. The first-order valence-electron chi connectivity index (χ1n) is 10.0. The molecule has 0 N–H and O–H groups in total. The smallest absolute Gasteiger partial charge is 0.141 e. The topological polar surface area (TPSA) is 27.1 Å². The predicted molar refractivity (Wildman–Crippen MR) is 119 cm³/mol. The second-order valence-electron chi connectivity index (χ2n) is 7.15. The fraction of sp³-hybridized carbons (Fsp3) is 0.115. The fourth-order valence-corrected chi connectivity index (χ4v) is 3.78. The van der Waals surface area contributed by atoms with E-state index in [0.29, 0.717) is 6.61 Å². The van der Waals surface area contributed by atoms with Gasteiger partial charge in [0.1, 0.15) is 11.6 Å². The Bertz CT molecular complexity index is 1260. The predicted octanol–water partition coefficient (Wildman–Crippen LogP) is 6.33. The molecule has 0 aliphatic rings. The van der Waals surface area contributed by atoms with Gasteiger partial charge in [0.2, 0.25) is 0 Å². The molecule has 29 heavy (non-hydrogen) atoms. The molecular weight excluding hydrogens is 356 g/mol. The van der Waals surface area contributed by atoms with Crippen LogP contribution in [0.4, 0.5) is 0 Å². The molecule has 3 heteroatoms. The standard InChI is InChI=1S/C26H22N2O/c1-2-10-21(11-3-1)26-27-24-13-6-7-14-25(24)28(26)17-8-18-29-23-16-15-20-9-4-5-12-22(20)19-23/h1-7,9-16,19H,8,17-18H2. The minimum Gasteiger partial charge on any atom is -0.494 e. The lowest BCUT2D eigenvalue weighted by Gasteiger charge is -2.11. The summed E-state index contributed by atoms with van der Waals surface area (Å²) < 4.78 is 8.34. The second-order valence-corrected chi connectivity index (χ2v) is 7.15. The van der Waals surface area contributed by atoms with Crippen molar-refractivity contribution >= 4 is 21.8 Å². The summed E-state index contributed by atoms with van der Waals surface area (Å²) in [6.45, 7) is 1.53. The third-order valence-corrected chi connectivity index (χ3v) is 5.20. The zero-order chi connectivity index (χ0) is 19.5. The summed E-state index contributed by atoms with van der Waals surface area (Å²) >= 11 is 0. The molecule has 5 aromatic rings. The van der Waals surface area contributed by atoms with Gasteiger partial charge in [-0.2, -0.15) is 0 Å². The molecule has 0 radical (unpaired) electrons. The van der Waals surface area contributed by atoms with Gasteiger partial charge in [-0.1, -0.05) is 72.8 Å². The van der Waals surface area contributed by atoms with Crippen molar-refractivity contribution in [2.75, 3.05) is 6.61 Å². The van der Waals surface area contributed by atoms with Crippen LogP contribution in [-0.4, -0.2) is 16.2 Å². The van der Waals surface area contributed by atoms with Crippen LogP contribution in [0.2, 0.25) is 0 Å². The lowest BCUT2D eigenvalue weighted by Crippen LogP contribution is -2.06. The Balaban J connectivity index is 1.33. The van der Waals surface area contributed by atoms with E-state index in [1.807, 2.05) is 18.2 Å². The number of rotatable bonds is 6. The molecule has 0 bridgehead atoms. The van der Waals surface area contributed by atoms with Gasteiger partial charge in [-0.15, -0.1) is 0 Å². The van der Waals surface area contributed by atoms with E-state index in [0.717, 1.165) is 41.1 Å². The molecule has 0 aliphatic carbocycles. The second kappa shape index (κ2) is 7.80. The van der Waals surface area contributed by atoms with Crippen LogP contribution in [0.5, 0.6) is 5.75 Å². The van der Waals surface area contributed by atoms with Crippen LogP contribution in [-0.2, 0) is 6.54 Å². The molecule has 4 aromatic carbocycles. The van der Waals surface area contributed by atoms with Gasteiger partial charge in [-0.3, -0.25) is 0 Å². The molecule has 0 spiro atoms. The van der Waals surface area contributed by atoms with Crippen LogP contribution >= 0.6 is 0 Å². The molecule has 0 fully saturated rings. The maximum Gasteiger partial charge on any atom is 0.141 e. The first-order chi connectivity index (χ1) is 14.4. The summed E-state index contributed by atoms with van der Waals surface area (Å²) in [6.07, 6.45) is 0.910. The van der Waals surface area contributed by atoms with E-state index in [1.165, 1.54) is 10.8 Å². The Morgan fingerprint density at radius 3 is 2.38 bits per heavy atom. The number of ether oxygens (including phenoxy) is 1. The molecule has 0 amide bonds. The number of hydrogen-bond donors (Lipinski definition) is 0. The van der Waals surface area contributed by atoms with Crippen LogP contribution in [0.1, 0.15) is 6.42 Å².